The van der Waals surface area contributed by atoms with Crippen LogP contribution in [-0.2, 0) is 13.2 Å². The van der Waals surface area contributed by atoms with Crippen molar-refractivity contribution in [1.82, 2.24) is 24.3 Å². The highest BCUT2D eigenvalue weighted by atomic mass is 35.5. The van der Waals surface area contributed by atoms with Crippen LogP contribution >= 0.6 is 11.6 Å². The summed E-state index contributed by atoms with van der Waals surface area (Å²) >= 11 is 5.89. The van der Waals surface area contributed by atoms with Crippen LogP contribution in [0.5, 0.6) is 5.88 Å². The van der Waals surface area contributed by atoms with Gasteiger partial charge in [0.25, 0.3) is 5.91 Å². The van der Waals surface area contributed by atoms with Crippen molar-refractivity contribution in [2.24, 2.45) is 0 Å². The Bertz CT molecular complexity index is 1410. The molecule has 0 radical (unpaired) electrons. The Morgan fingerprint density at radius 3 is 2.64 bits per heavy atom. The first-order valence-electron chi connectivity index (χ1n) is 10.0. The quantitative estimate of drug-likeness (QED) is 0.350. The summed E-state index contributed by atoms with van der Waals surface area (Å²) in [5, 5.41) is 24.1. The van der Waals surface area contributed by atoms with Gasteiger partial charge in [-0.25, -0.2) is 14.2 Å². The zero-order chi connectivity index (χ0) is 26.8. The number of hydrogen-bond donors (Lipinski definition) is 2. The molecule has 0 saturated carbocycles. The maximum absolute atomic E-state index is 15.0. The molecular formula is C20H16ClF4N7O4. The molecule has 0 saturated heterocycles. The standard InChI is InChI=1S/C20H16ClF4N7O4/c1-3-31-14(8-33)30-32(19(31)35)16-12(22)5-11(18(29-16)36-9(2)20(23,24)25)17(34)28-13-4-10(6-26)7-27-15(13)21/h4-5,7,9,33H,3,8H2,1-2H3,(H,28,34)/t9-/m0/s1. The third-order valence-electron chi connectivity index (χ3n) is 4.73. The summed E-state index contributed by atoms with van der Waals surface area (Å²) in [6.07, 6.45) is -6.26. The molecule has 0 aliphatic heterocycles. The number of anilines is 1. The monoisotopic (exact) mass is 529 g/mol. The lowest BCUT2D eigenvalue weighted by molar-refractivity contribution is -0.190. The zero-order valence-electron chi connectivity index (χ0n) is 18.5. The van der Waals surface area contributed by atoms with E-state index in [1.54, 1.807) is 13.0 Å². The van der Waals surface area contributed by atoms with Gasteiger partial charge in [0.05, 0.1) is 11.3 Å². The maximum Gasteiger partial charge on any atom is 0.425 e. The van der Waals surface area contributed by atoms with Gasteiger partial charge in [0, 0.05) is 12.7 Å². The molecule has 36 heavy (non-hydrogen) atoms. The lowest BCUT2D eigenvalue weighted by Gasteiger charge is -2.19. The fourth-order valence-corrected chi connectivity index (χ4v) is 3.04. The van der Waals surface area contributed by atoms with E-state index in [2.05, 4.69) is 20.4 Å². The first-order valence-corrected chi connectivity index (χ1v) is 10.4. The Hall–Kier alpha value is -4.03. The molecule has 0 bridgehead atoms. The number of amides is 1. The fourth-order valence-electron chi connectivity index (χ4n) is 2.89. The van der Waals surface area contributed by atoms with Gasteiger partial charge >= 0.3 is 11.9 Å². The molecule has 0 aromatic carbocycles. The highest BCUT2D eigenvalue weighted by molar-refractivity contribution is 6.32. The number of alkyl halides is 3. The van der Waals surface area contributed by atoms with Gasteiger partial charge in [0.1, 0.15) is 18.2 Å². The Labute approximate surface area is 204 Å². The first-order chi connectivity index (χ1) is 16.9. The molecule has 0 spiro atoms. The van der Waals surface area contributed by atoms with Crippen LogP contribution in [0.15, 0.2) is 23.1 Å². The van der Waals surface area contributed by atoms with Crippen molar-refractivity contribution in [3.8, 4) is 17.8 Å². The fraction of sp³-hybridized carbons (Fsp3) is 0.300. The lowest BCUT2D eigenvalue weighted by atomic mass is 10.2. The van der Waals surface area contributed by atoms with Crippen molar-refractivity contribution in [2.75, 3.05) is 5.32 Å². The Morgan fingerprint density at radius 1 is 1.39 bits per heavy atom. The van der Waals surface area contributed by atoms with Crippen LogP contribution in [0.1, 0.15) is 35.6 Å². The van der Waals surface area contributed by atoms with Gasteiger partial charge in [-0.3, -0.25) is 9.36 Å². The first kappa shape index (κ1) is 26.6. The highest BCUT2D eigenvalue weighted by Gasteiger charge is 2.39. The van der Waals surface area contributed by atoms with Gasteiger partial charge in [-0.1, -0.05) is 11.6 Å². The average Bonchev–Trinajstić information content (AvgIpc) is 3.15. The predicted molar refractivity (Wildman–Crippen MR) is 115 cm³/mol. The maximum atomic E-state index is 15.0. The van der Waals surface area contributed by atoms with Crippen molar-refractivity contribution < 1.29 is 32.2 Å². The molecule has 3 aromatic heterocycles. The van der Waals surface area contributed by atoms with Gasteiger partial charge in [-0.15, -0.1) is 5.10 Å². The Morgan fingerprint density at radius 2 is 2.08 bits per heavy atom. The zero-order valence-corrected chi connectivity index (χ0v) is 19.2. The van der Waals surface area contributed by atoms with E-state index in [9.17, 15) is 27.9 Å². The summed E-state index contributed by atoms with van der Waals surface area (Å²) in [6.45, 7) is 1.53. The summed E-state index contributed by atoms with van der Waals surface area (Å²) in [6, 6.07) is 3.40. The van der Waals surface area contributed by atoms with Gasteiger partial charge in [-0.05, 0) is 26.0 Å². The van der Waals surface area contributed by atoms with Gasteiger partial charge < -0.3 is 15.2 Å². The Balaban J connectivity index is 2.15. The van der Waals surface area contributed by atoms with Crippen LogP contribution in [-0.4, -0.2) is 47.6 Å². The molecule has 11 nitrogen and oxygen atoms in total. The number of aliphatic hydroxyl groups excluding tert-OH is 1. The number of nitrogens with zero attached hydrogens (tertiary/aromatic N) is 6. The second-order valence-electron chi connectivity index (χ2n) is 7.09. The molecule has 1 amide bonds. The average molecular weight is 530 g/mol. The topological polar surface area (TPSA) is 148 Å². The van der Waals surface area contributed by atoms with Crippen molar-refractivity contribution in [2.45, 2.75) is 39.3 Å². The number of aromatic nitrogens is 5. The van der Waals surface area contributed by atoms with Gasteiger partial charge in [0.2, 0.25) is 5.88 Å². The van der Waals surface area contributed by atoms with Crippen molar-refractivity contribution in [3.63, 3.8) is 0 Å². The second kappa shape index (κ2) is 10.3. The molecule has 0 fully saturated rings. The Kier molecular flexibility index (Phi) is 7.60. The van der Waals surface area contributed by atoms with E-state index in [1.165, 1.54) is 0 Å². The SMILES string of the molecule is CCn1c(CO)nn(-c2nc(O[C@@H](C)C(F)(F)F)c(C(=O)Nc3cc(C#N)cnc3Cl)cc2F)c1=O. The minimum atomic E-state index is -4.89. The molecule has 3 heterocycles. The molecule has 0 unspecified atom stereocenters. The summed E-state index contributed by atoms with van der Waals surface area (Å²) in [5.74, 6) is -4.50. The van der Waals surface area contributed by atoms with Gasteiger partial charge in [0.15, 0.2) is 28.7 Å². The molecule has 3 rings (SSSR count). The predicted octanol–water partition coefficient (Wildman–Crippen LogP) is 2.58. The van der Waals surface area contributed by atoms with Crippen LogP contribution < -0.4 is 15.7 Å². The van der Waals surface area contributed by atoms with E-state index >= 15 is 4.39 Å². The number of aliphatic hydroxyl groups is 1. The summed E-state index contributed by atoms with van der Waals surface area (Å²) in [7, 11) is 0. The highest BCUT2D eigenvalue weighted by Crippen LogP contribution is 2.29. The third-order valence-corrected chi connectivity index (χ3v) is 5.03. The number of nitrogens with one attached hydrogen (secondary N) is 1. The van der Waals surface area contributed by atoms with E-state index in [0.717, 1.165) is 16.8 Å². The molecule has 3 aromatic rings. The summed E-state index contributed by atoms with van der Waals surface area (Å²) in [5.41, 5.74) is -1.91. The minimum Gasteiger partial charge on any atom is -0.464 e. The third kappa shape index (κ3) is 5.29. The molecule has 1 atom stereocenters. The normalized spacial score (nSPS) is 12.2. The smallest absolute Gasteiger partial charge is 0.425 e. The summed E-state index contributed by atoms with van der Waals surface area (Å²) < 4.78 is 60.8. The van der Waals surface area contributed by atoms with Crippen molar-refractivity contribution in [1.29, 1.82) is 5.26 Å². The molecule has 16 heteroatoms. The minimum absolute atomic E-state index is 0.00194. The van der Waals surface area contributed by atoms with E-state index in [0.29, 0.717) is 17.7 Å². The van der Waals surface area contributed by atoms with E-state index in [4.69, 9.17) is 21.6 Å². The van der Waals surface area contributed by atoms with E-state index in [1.807, 2.05) is 0 Å². The summed E-state index contributed by atoms with van der Waals surface area (Å²) in [4.78, 5) is 32.8. The number of pyridine rings is 2. The molecule has 190 valence electrons. The van der Waals surface area contributed by atoms with Crippen molar-refractivity contribution in [3.05, 3.63) is 56.7 Å². The van der Waals surface area contributed by atoms with Gasteiger partial charge in [-0.2, -0.15) is 28.1 Å². The van der Waals surface area contributed by atoms with Crippen LogP contribution in [0.25, 0.3) is 5.82 Å². The van der Waals surface area contributed by atoms with E-state index < -0.39 is 53.6 Å². The number of halogens is 5. The second-order valence-corrected chi connectivity index (χ2v) is 7.45. The number of carbonyl (C=O) groups excluding carboxylic acids is 1. The molecule has 2 N–H and O–H groups in total. The molecular weight excluding hydrogens is 514 g/mol. The number of nitriles is 1. The molecule has 0 aliphatic rings. The van der Waals surface area contributed by atoms with Crippen LogP contribution in [0.2, 0.25) is 5.15 Å². The van der Waals surface area contributed by atoms with Crippen LogP contribution in [0.4, 0.5) is 23.2 Å². The lowest BCUT2D eigenvalue weighted by Crippen LogP contribution is -2.33. The number of ether oxygens (including phenoxy) is 1. The number of hydrogen-bond acceptors (Lipinski definition) is 8. The van der Waals surface area contributed by atoms with Crippen molar-refractivity contribution >= 4 is 23.2 Å². The largest absolute Gasteiger partial charge is 0.464 e. The van der Waals surface area contributed by atoms with Crippen LogP contribution in [0.3, 0.4) is 0 Å². The van der Waals surface area contributed by atoms with Crippen LogP contribution in [0, 0.1) is 17.1 Å². The molecule has 0 aliphatic carbocycles. The number of carbonyl (C=O) groups is 1. The van der Waals surface area contributed by atoms with E-state index in [-0.39, 0.29) is 28.8 Å². The number of rotatable bonds is 7.